The minimum atomic E-state index is 0.407. The lowest BCUT2D eigenvalue weighted by molar-refractivity contribution is 0.677. The third kappa shape index (κ3) is 2.84. The molecule has 0 aliphatic carbocycles. The van der Waals surface area contributed by atoms with Gasteiger partial charge in [-0.3, -0.25) is 4.40 Å². The number of anilines is 1. The van der Waals surface area contributed by atoms with E-state index in [1.54, 1.807) is 11.3 Å². The second-order valence-electron chi connectivity index (χ2n) is 5.22. The molecule has 0 fully saturated rings. The van der Waals surface area contributed by atoms with Crippen molar-refractivity contribution in [3.63, 3.8) is 0 Å². The van der Waals surface area contributed by atoms with Crippen molar-refractivity contribution in [2.24, 2.45) is 5.73 Å². The fraction of sp³-hybridized carbons (Fsp3) is 0.400. The van der Waals surface area contributed by atoms with Crippen molar-refractivity contribution < 1.29 is 0 Å². The molecule has 0 aromatic carbocycles. The van der Waals surface area contributed by atoms with Crippen molar-refractivity contribution in [1.29, 1.82) is 0 Å². The molecule has 3 aromatic heterocycles. The third-order valence-corrected chi connectivity index (χ3v) is 5.45. The van der Waals surface area contributed by atoms with Gasteiger partial charge in [0.25, 0.3) is 0 Å². The van der Waals surface area contributed by atoms with Crippen molar-refractivity contribution in [1.82, 2.24) is 9.38 Å². The van der Waals surface area contributed by atoms with Crippen LogP contribution in [0.1, 0.15) is 17.5 Å². The molecular formula is C15H20N4S2. The molecule has 21 heavy (non-hydrogen) atoms. The number of likely N-dealkylation sites (N-methyl/N-ethyl adjacent to an activating group) is 1. The molecule has 0 bridgehead atoms. The SMILES string of the molecule is CC(Cc1cccs1)N(C)c1nc2sccn2c1CCN. The highest BCUT2D eigenvalue weighted by Gasteiger charge is 2.20. The van der Waals surface area contributed by atoms with Gasteiger partial charge in [-0.05, 0) is 24.9 Å². The van der Waals surface area contributed by atoms with E-state index in [4.69, 9.17) is 10.7 Å². The molecule has 6 heteroatoms. The van der Waals surface area contributed by atoms with Crippen LogP contribution < -0.4 is 10.6 Å². The highest BCUT2D eigenvalue weighted by Crippen LogP contribution is 2.26. The Morgan fingerprint density at radius 3 is 2.95 bits per heavy atom. The van der Waals surface area contributed by atoms with Gasteiger partial charge in [0.1, 0.15) is 0 Å². The lowest BCUT2D eigenvalue weighted by Crippen LogP contribution is -2.31. The van der Waals surface area contributed by atoms with Gasteiger partial charge in [-0.1, -0.05) is 6.07 Å². The Morgan fingerprint density at radius 2 is 2.24 bits per heavy atom. The molecule has 1 atom stereocenters. The smallest absolute Gasteiger partial charge is 0.195 e. The monoisotopic (exact) mass is 320 g/mol. The highest BCUT2D eigenvalue weighted by atomic mass is 32.1. The van der Waals surface area contributed by atoms with Crippen LogP contribution in [0.25, 0.3) is 4.96 Å². The van der Waals surface area contributed by atoms with E-state index in [2.05, 4.69) is 52.4 Å². The summed E-state index contributed by atoms with van der Waals surface area (Å²) in [4.78, 5) is 9.54. The summed E-state index contributed by atoms with van der Waals surface area (Å²) in [5.41, 5.74) is 7.00. The van der Waals surface area contributed by atoms with E-state index in [0.29, 0.717) is 12.6 Å². The first kappa shape index (κ1) is 14.6. The maximum atomic E-state index is 5.78. The first-order valence-corrected chi connectivity index (χ1v) is 8.86. The van der Waals surface area contributed by atoms with Crippen LogP contribution in [0.15, 0.2) is 29.1 Å². The molecule has 3 heterocycles. The second kappa shape index (κ2) is 6.17. The van der Waals surface area contributed by atoms with Gasteiger partial charge in [0, 0.05) is 42.4 Å². The van der Waals surface area contributed by atoms with E-state index in [0.717, 1.165) is 23.6 Å². The lowest BCUT2D eigenvalue weighted by Gasteiger charge is -2.25. The summed E-state index contributed by atoms with van der Waals surface area (Å²) in [5, 5.41) is 4.20. The maximum Gasteiger partial charge on any atom is 0.195 e. The van der Waals surface area contributed by atoms with E-state index < -0.39 is 0 Å². The van der Waals surface area contributed by atoms with Gasteiger partial charge in [-0.25, -0.2) is 4.98 Å². The number of nitrogens with zero attached hydrogens (tertiary/aromatic N) is 3. The number of thiazole rings is 1. The van der Waals surface area contributed by atoms with Crippen LogP contribution in [0.2, 0.25) is 0 Å². The van der Waals surface area contributed by atoms with E-state index in [1.807, 2.05) is 11.3 Å². The molecule has 0 amide bonds. The average Bonchev–Trinajstić information content (AvgIpc) is 3.16. The summed E-state index contributed by atoms with van der Waals surface area (Å²) in [5.74, 6) is 1.07. The first-order chi connectivity index (χ1) is 10.2. The Kier molecular flexibility index (Phi) is 4.28. The van der Waals surface area contributed by atoms with Gasteiger partial charge in [0.2, 0.25) is 0 Å². The Bertz CT molecular complexity index is 698. The molecule has 2 N–H and O–H groups in total. The van der Waals surface area contributed by atoms with Crippen LogP contribution in [-0.4, -0.2) is 29.0 Å². The molecule has 112 valence electrons. The van der Waals surface area contributed by atoms with E-state index in [-0.39, 0.29) is 0 Å². The van der Waals surface area contributed by atoms with Gasteiger partial charge in [-0.2, -0.15) is 0 Å². The molecule has 3 aromatic rings. The molecule has 0 aliphatic heterocycles. The number of hydrogen-bond donors (Lipinski definition) is 1. The van der Waals surface area contributed by atoms with Crippen LogP contribution >= 0.6 is 22.7 Å². The van der Waals surface area contributed by atoms with Crippen molar-refractivity contribution in [3.05, 3.63) is 39.7 Å². The Hall–Kier alpha value is -1.37. The molecule has 1 unspecified atom stereocenters. The number of fused-ring (bicyclic) bond motifs is 1. The molecule has 0 saturated heterocycles. The van der Waals surface area contributed by atoms with E-state index >= 15 is 0 Å². The van der Waals surface area contributed by atoms with Gasteiger partial charge < -0.3 is 10.6 Å². The zero-order valence-corrected chi connectivity index (χ0v) is 14.0. The Labute approximate surface area is 132 Å². The van der Waals surface area contributed by atoms with Crippen molar-refractivity contribution >= 4 is 33.5 Å². The lowest BCUT2D eigenvalue weighted by atomic mass is 10.1. The van der Waals surface area contributed by atoms with Crippen LogP contribution in [-0.2, 0) is 12.8 Å². The predicted molar refractivity (Wildman–Crippen MR) is 91.7 cm³/mol. The average molecular weight is 320 g/mol. The quantitative estimate of drug-likeness (QED) is 0.759. The predicted octanol–water partition coefficient (Wildman–Crippen LogP) is 3.03. The highest BCUT2D eigenvalue weighted by molar-refractivity contribution is 7.15. The minimum absolute atomic E-state index is 0.407. The Morgan fingerprint density at radius 1 is 1.38 bits per heavy atom. The first-order valence-electron chi connectivity index (χ1n) is 7.10. The van der Waals surface area contributed by atoms with Gasteiger partial charge >= 0.3 is 0 Å². The Balaban J connectivity index is 1.87. The number of nitrogens with two attached hydrogens (primary N) is 1. The molecular weight excluding hydrogens is 300 g/mol. The number of imidazole rings is 1. The minimum Gasteiger partial charge on any atom is -0.355 e. The molecule has 3 rings (SSSR count). The number of thiophene rings is 1. The summed E-state index contributed by atoms with van der Waals surface area (Å²) in [7, 11) is 2.13. The zero-order chi connectivity index (χ0) is 14.8. The number of rotatable bonds is 6. The number of hydrogen-bond acceptors (Lipinski definition) is 5. The summed E-state index contributed by atoms with van der Waals surface area (Å²) in [6.45, 7) is 2.89. The zero-order valence-electron chi connectivity index (χ0n) is 12.3. The normalized spacial score (nSPS) is 12.9. The van der Waals surface area contributed by atoms with Crippen LogP contribution in [0.3, 0.4) is 0 Å². The third-order valence-electron chi connectivity index (χ3n) is 3.79. The molecule has 0 saturated carbocycles. The summed E-state index contributed by atoms with van der Waals surface area (Å²) < 4.78 is 2.17. The van der Waals surface area contributed by atoms with E-state index in [1.165, 1.54) is 10.6 Å². The number of aromatic nitrogens is 2. The fourth-order valence-electron chi connectivity index (χ4n) is 2.54. The fourth-order valence-corrected chi connectivity index (χ4v) is 4.09. The van der Waals surface area contributed by atoms with Gasteiger partial charge in [0.05, 0.1) is 5.69 Å². The molecule has 0 radical (unpaired) electrons. The largest absolute Gasteiger partial charge is 0.355 e. The van der Waals surface area contributed by atoms with Gasteiger partial charge in [-0.15, -0.1) is 22.7 Å². The van der Waals surface area contributed by atoms with Crippen LogP contribution in [0.4, 0.5) is 5.82 Å². The molecule has 4 nitrogen and oxygen atoms in total. The van der Waals surface area contributed by atoms with Gasteiger partial charge in [0.15, 0.2) is 10.8 Å². The summed E-state index contributed by atoms with van der Waals surface area (Å²) in [6.07, 6.45) is 3.98. The summed E-state index contributed by atoms with van der Waals surface area (Å²) in [6, 6.07) is 4.71. The standard InChI is InChI=1S/C15H20N4S2/c1-11(10-12-4-3-8-20-12)18(2)14-13(5-6-16)19-7-9-21-15(19)17-14/h3-4,7-9,11H,5-6,10,16H2,1-2H3. The topological polar surface area (TPSA) is 46.6 Å². The van der Waals surface area contributed by atoms with Crippen LogP contribution in [0, 0.1) is 0 Å². The maximum absolute atomic E-state index is 5.78. The second-order valence-corrected chi connectivity index (χ2v) is 7.13. The van der Waals surface area contributed by atoms with Crippen molar-refractivity contribution in [2.45, 2.75) is 25.8 Å². The summed E-state index contributed by atoms with van der Waals surface area (Å²) >= 11 is 3.48. The van der Waals surface area contributed by atoms with E-state index in [9.17, 15) is 0 Å². The molecule has 0 aliphatic rings. The molecule has 0 spiro atoms. The van der Waals surface area contributed by atoms with Crippen molar-refractivity contribution in [3.8, 4) is 0 Å². The van der Waals surface area contributed by atoms with Crippen molar-refractivity contribution in [2.75, 3.05) is 18.5 Å². The van der Waals surface area contributed by atoms with Crippen LogP contribution in [0.5, 0.6) is 0 Å².